The molecule has 0 fully saturated rings. The Labute approximate surface area is 132 Å². The summed E-state index contributed by atoms with van der Waals surface area (Å²) in [6.45, 7) is 0. The summed E-state index contributed by atoms with van der Waals surface area (Å²) in [5.41, 5.74) is 7.64. The van der Waals surface area contributed by atoms with Crippen LogP contribution in [0.1, 0.15) is 5.56 Å². The van der Waals surface area contributed by atoms with Gasteiger partial charge in [0.25, 0.3) is 0 Å². The maximum absolute atomic E-state index is 8.74. The number of nitrogens with one attached hydrogen (secondary N) is 2. The summed E-state index contributed by atoms with van der Waals surface area (Å²) in [4.78, 5) is 3.23. The number of ether oxygens (including phenoxy) is 1. The van der Waals surface area contributed by atoms with Gasteiger partial charge in [0, 0.05) is 22.9 Å². The van der Waals surface area contributed by atoms with Crippen LogP contribution in [0.4, 0.5) is 0 Å². The number of benzene rings is 1. The number of nitrogens with two attached hydrogens (primary N) is 1. The number of aromatic nitrogens is 1. The van der Waals surface area contributed by atoms with Gasteiger partial charge in [0.2, 0.25) is 0 Å². The summed E-state index contributed by atoms with van der Waals surface area (Å²) >= 11 is 1.36. The second-order valence-electron chi connectivity index (χ2n) is 4.14. The summed E-state index contributed by atoms with van der Waals surface area (Å²) < 4.78 is 36.8. The normalized spacial score (nSPS) is 10.9. The van der Waals surface area contributed by atoms with Gasteiger partial charge in [0.1, 0.15) is 5.75 Å². The number of thioether (sulfide) groups is 1. The molecule has 0 unspecified atom stereocenters. The fourth-order valence-electron chi connectivity index (χ4n) is 1.76. The number of methoxy groups -OCH3 is 1. The standard InChI is InChI=1S/C12H15N3OS.H2O4S/c1-16-9-2-3-11-10(6-9)8(7-15-11)4-5-17-12(13)14;1-5(2,3)4/h2-3,6-7,15H,4-5H2,1H3,(H3,13,14);(H2,1,2,3,4). The molecule has 0 aliphatic heterocycles. The lowest BCUT2D eigenvalue weighted by atomic mass is 10.1. The van der Waals surface area contributed by atoms with Gasteiger partial charge in [0.05, 0.1) is 7.11 Å². The third kappa shape index (κ3) is 6.80. The van der Waals surface area contributed by atoms with Crippen molar-refractivity contribution in [3.63, 3.8) is 0 Å². The minimum Gasteiger partial charge on any atom is -0.497 e. The predicted molar refractivity (Wildman–Crippen MR) is 87.1 cm³/mol. The van der Waals surface area contributed by atoms with E-state index in [0.29, 0.717) is 0 Å². The van der Waals surface area contributed by atoms with Crippen LogP contribution < -0.4 is 10.5 Å². The van der Waals surface area contributed by atoms with Crippen molar-refractivity contribution in [3.05, 3.63) is 30.0 Å². The smallest absolute Gasteiger partial charge is 0.394 e. The first-order valence-electron chi connectivity index (χ1n) is 6.01. The van der Waals surface area contributed by atoms with E-state index in [4.69, 9.17) is 33.4 Å². The molecule has 0 radical (unpaired) electrons. The molecule has 0 amide bonds. The van der Waals surface area contributed by atoms with Crippen LogP contribution in [-0.4, -0.2) is 40.5 Å². The van der Waals surface area contributed by atoms with Gasteiger partial charge in [-0.15, -0.1) is 0 Å². The molecular weight excluding hydrogens is 330 g/mol. The molecule has 0 bridgehead atoms. The number of rotatable bonds is 4. The maximum atomic E-state index is 8.74. The number of H-pyrrole nitrogens is 1. The Morgan fingerprint density at radius 1 is 1.45 bits per heavy atom. The van der Waals surface area contributed by atoms with Crippen LogP contribution in [0.25, 0.3) is 10.9 Å². The molecule has 1 aromatic carbocycles. The number of hydrogen-bond donors (Lipinski definition) is 5. The zero-order chi connectivity index (χ0) is 16.8. The van der Waals surface area contributed by atoms with Gasteiger partial charge in [-0.3, -0.25) is 14.5 Å². The first-order chi connectivity index (χ1) is 10.2. The van der Waals surface area contributed by atoms with Crippen LogP contribution >= 0.6 is 11.8 Å². The molecular formula is C12H17N3O5S2. The van der Waals surface area contributed by atoms with Crippen LogP contribution in [-0.2, 0) is 16.8 Å². The zero-order valence-corrected chi connectivity index (χ0v) is 13.4. The maximum Gasteiger partial charge on any atom is 0.394 e. The molecule has 2 rings (SSSR count). The molecule has 22 heavy (non-hydrogen) atoms. The van der Waals surface area contributed by atoms with Crippen molar-refractivity contribution in [2.45, 2.75) is 6.42 Å². The largest absolute Gasteiger partial charge is 0.497 e. The Hall–Kier alpha value is -1.75. The number of fused-ring (bicyclic) bond motifs is 1. The van der Waals surface area contributed by atoms with Crippen molar-refractivity contribution >= 4 is 38.2 Å². The molecule has 1 heterocycles. The molecule has 0 atom stereocenters. The van der Waals surface area contributed by atoms with Crippen molar-refractivity contribution in [1.29, 1.82) is 5.41 Å². The number of amidine groups is 1. The third-order valence-corrected chi connectivity index (χ3v) is 3.32. The molecule has 122 valence electrons. The summed E-state index contributed by atoms with van der Waals surface area (Å²) in [6, 6.07) is 5.97. The van der Waals surface area contributed by atoms with Crippen LogP contribution in [0.2, 0.25) is 0 Å². The zero-order valence-electron chi connectivity index (χ0n) is 11.7. The van der Waals surface area contributed by atoms with Gasteiger partial charge < -0.3 is 15.5 Å². The summed E-state index contributed by atoms with van der Waals surface area (Å²) in [6.07, 6.45) is 2.89. The number of hydrogen-bond acceptors (Lipinski definition) is 5. The van der Waals surface area contributed by atoms with E-state index in [1.165, 1.54) is 22.7 Å². The molecule has 0 spiro atoms. The van der Waals surface area contributed by atoms with E-state index in [1.807, 2.05) is 24.4 Å². The number of aryl methyl sites for hydroxylation is 1. The molecule has 0 aliphatic carbocycles. The van der Waals surface area contributed by atoms with Crippen molar-refractivity contribution in [2.24, 2.45) is 5.73 Å². The quantitative estimate of drug-likeness (QED) is 0.321. The Morgan fingerprint density at radius 3 is 2.64 bits per heavy atom. The van der Waals surface area contributed by atoms with Gasteiger partial charge >= 0.3 is 10.4 Å². The molecule has 8 nitrogen and oxygen atoms in total. The van der Waals surface area contributed by atoms with Gasteiger partial charge in [-0.05, 0) is 30.2 Å². The van der Waals surface area contributed by atoms with E-state index in [2.05, 4.69) is 4.98 Å². The average Bonchev–Trinajstić information content (AvgIpc) is 2.79. The van der Waals surface area contributed by atoms with Crippen LogP contribution in [0.15, 0.2) is 24.4 Å². The Bertz CT molecular complexity index is 734. The van der Waals surface area contributed by atoms with Crippen molar-refractivity contribution in [1.82, 2.24) is 4.98 Å². The summed E-state index contributed by atoms with van der Waals surface area (Å²) in [5.74, 6) is 1.68. The predicted octanol–water partition coefficient (Wildman–Crippen LogP) is 1.69. The highest BCUT2D eigenvalue weighted by molar-refractivity contribution is 8.13. The van der Waals surface area contributed by atoms with Gasteiger partial charge in [-0.25, -0.2) is 0 Å². The van der Waals surface area contributed by atoms with E-state index in [0.717, 1.165) is 23.4 Å². The monoisotopic (exact) mass is 347 g/mol. The van der Waals surface area contributed by atoms with Crippen LogP contribution in [0, 0.1) is 5.41 Å². The van der Waals surface area contributed by atoms with Gasteiger partial charge in [-0.1, -0.05) is 11.8 Å². The molecule has 1 aromatic heterocycles. The van der Waals surface area contributed by atoms with Crippen molar-refractivity contribution in [3.8, 4) is 5.75 Å². The van der Waals surface area contributed by atoms with Crippen LogP contribution in [0.3, 0.4) is 0 Å². The number of aromatic amines is 1. The third-order valence-electron chi connectivity index (χ3n) is 2.60. The highest BCUT2D eigenvalue weighted by Crippen LogP contribution is 2.24. The topological polar surface area (TPSA) is 149 Å². The lowest BCUT2D eigenvalue weighted by Crippen LogP contribution is -2.05. The van der Waals surface area contributed by atoms with E-state index in [-0.39, 0.29) is 5.17 Å². The molecule has 6 N–H and O–H groups in total. The summed E-state index contributed by atoms with van der Waals surface area (Å²) in [5, 5.41) is 8.51. The lowest BCUT2D eigenvalue weighted by molar-refractivity contribution is 0.381. The molecule has 0 aliphatic rings. The van der Waals surface area contributed by atoms with Crippen molar-refractivity contribution in [2.75, 3.05) is 12.9 Å². The van der Waals surface area contributed by atoms with Crippen LogP contribution in [0.5, 0.6) is 5.75 Å². The first kappa shape index (κ1) is 18.3. The SMILES string of the molecule is COc1ccc2[nH]cc(CCSC(=N)N)c2c1.O=S(=O)(O)O. The van der Waals surface area contributed by atoms with Gasteiger partial charge in [-0.2, -0.15) is 8.42 Å². The Balaban J connectivity index is 0.000000422. The van der Waals surface area contributed by atoms with E-state index in [9.17, 15) is 0 Å². The Morgan fingerprint density at radius 2 is 2.09 bits per heavy atom. The fourth-order valence-corrected chi connectivity index (χ4v) is 2.30. The molecule has 0 saturated heterocycles. The first-order valence-corrected chi connectivity index (χ1v) is 8.39. The molecule has 10 heteroatoms. The second-order valence-corrected chi connectivity index (χ2v) is 6.17. The van der Waals surface area contributed by atoms with Crippen molar-refractivity contribution < 1.29 is 22.3 Å². The lowest BCUT2D eigenvalue weighted by Gasteiger charge is -2.01. The molecule has 0 saturated carbocycles. The average molecular weight is 347 g/mol. The second kappa shape index (κ2) is 8.03. The highest BCUT2D eigenvalue weighted by Gasteiger charge is 2.05. The minimum atomic E-state index is -4.67. The Kier molecular flexibility index (Phi) is 6.68. The highest BCUT2D eigenvalue weighted by atomic mass is 32.3. The van der Waals surface area contributed by atoms with E-state index in [1.54, 1.807) is 7.11 Å². The van der Waals surface area contributed by atoms with Gasteiger partial charge in [0.15, 0.2) is 5.17 Å². The molecule has 2 aromatic rings. The fraction of sp³-hybridized carbons (Fsp3) is 0.250. The van der Waals surface area contributed by atoms with E-state index < -0.39 is 10.4 Å². The summed E-state index contributed by atoms with van der Waals surface area (Å²) in [7, 11) is -3.00. The minimum absolute atomic E-state index is 0.169. The van der Waals surface area contributed by atoms with E-state index >= 15 is 0 Å².